The van der Waals surface area contributed by atoms with Gasteiger partial charge in [0.2, 0.25) is 6.41 Å². The van der Waals surface area contributed by atoms with Crippen LogP contribution in [0.4, 0.5) is 11.5 Å². The van der Waals surface area contributed by atoms with E-state index in [0.717, 1.165) is 0 Å². The van der Waals surface area contributed by atoms with Gasteiger partial charge in [-0.25, -0.2) is 15.0 Å². The molecule has 0 spiro atoms. The van der Waals surface area contributed by atoms with Gasteiger partial charge in [-0.05, 0) is 6.92 Å². The van der Waals surface area contributed by atoms with E-state index in [1.807, 2.05) is 0 Å². The van der Waals surface area contributed by atoms with Gasteiger partial charge in [0, 0.05) is 12.7 Å². The first-order chi connectivity index (χ1) is 14.0. The fraction of sp³-hybridized carbons (Fsp3) is 0.438. The number of aliphatic hydroxyl groups excluding tert-OH is 3. The highest BCUT2D eigenvalue weighted by Gasteiger charge is 2.44. The molecule has 1 amide bonds. The van der Waals surface area contributed by atoms with E-state index in [-0.39, 0.29) is 22.8 Å². The zero-order valence-corrected chi connectivity index (χ0v) is 15.4. The number of H-pyrrole nitrogens is 1. The molecule has 6 N–H and O–H groups in total. The van der Waals surface area contributed by atoms with E-state index in [4.69, 9.17) is 10.5 Å². The SMILES string of the molecule is CCN(C=O)c1c[nH]nc1-c1nc(N)c2ncn([C@@H]3O[C@H](CO)[C@@H](O)[C@H]3O)c2n1. The first kappa shape index (κ1) is 19.2. The van der Waals surface area contributed by atoms with Gasteiger partial charge >= 0.3 is 0 Å². The van der Waals surface area contributed by atoms with Gasteiger partial charge in [0.05, 0.1) is 18.6 Å². The molecule has 0 aromatic carbocycles. The van der Waals surface area contributed by atoms with Crippen molar-refractivity contribution in [1.82, 2.24) is 29.7 Å². The number of rotatable bonds is 6. The molecular formula is C16H20N8O5. The van der Waals surface area contributed by atoms with E-state index in [0.29, 0.717) is 24.3 Å². The average Bonchev–Trinajstić information content (AvgIpc) is 3.42. The molecule has 29 heavy (non-hydrogen) atoms. The van der Waals surface area contributed by atoms with Crippen LogP contribution in [0.25, 0.3) is 22.7 Å². The predicted octanol–water partition coefficient (Wildman–Crippen LogP) is -1.61. The molecule has 0 bridgehead atoms. The summed E-state index contributed by atoms with van der Waals surface area (Å²) < 4.78 is 6.96. The molecule has 0 unspecified atom stereocenters. The summed E-state index contributed by atoms with van der Waals surface area (Å²) in [6.45, 7) is 1.76. The second-order valence-electron chi connectivity index (χ2n) is 6.50. The van der Waals surface area contributed by atoms with E-state index < -0.39 is 31.1 Å². The number of fused-ring (bicyclic) bond motifs is 1. The summed E-state index contributed by atoms with van der Waals surface area (Å²) in [5, 5.41) is 36.5. The fourth-order valence-electron chi connectivity index (χ4n) is 3.31. The van der Waals surface area contributed by atoms with Gasteiger partial charge < -0.3 is 30.7 Å². The number of carbonyl (C=O) groups is 1. The van der Waals surface area contributed by atoms with Crippen molar-refractivity contribution in [2.24, 2.45) is 0 Å². The molecule has 13 heteroatoms. The number of anilines is 2. The Morgan fingerprint density at radius 2 is 2.17 bits per heavy atom. The van der Waals surface area contributed by atoms with Gasteiger partial charge in [0.25, 0.3) is 0 Å². The Bertz CT molecular complexity index is 1040. The second kappa shape index (κ2) is 7.36. The summed E-state index contributed by atoms with van der Waals surface area (Å²) in [6.07, 6.45) is -1.000. The number of nitrogens with two attached hydrogens (primary N) is 1. The molecule has 0 aliphatic carbocycles. The fourth-order valence-corrected chi connectivity index (χ4v) is 3.31. The van der Waals surface area contributed by atoms with Crippen LogP contribution in [0.15, 0.2) is 12.5 Å². The number of nitrogens with one attached hydrogen (secondary N) is 1. The van der Waals surface area contributed by atoms with Gasteiger partial charge in [-0.15, -0.1) is 0 Å². The van der Waals surface area contributed by atoms with E-state index in [9.17, 15) is 20.1 Å². The van der Waals surface area contributed by atoms with Crippen molar-refractivity contribution in [3.8, 4) is 11.5 Å². The lowest BCUT2D eigenvalue weighted by Gasteiger charge is -2.17. The minimum absolute atomic E-state index is 0.0681. The Morgan fingerprint density at radius 1 is 1.38 bits per heavy atom. The monoisotopic (exact) mass is 404 g/mol. The highest BCUT2D eigenvalue weighted by Crippen LogP contribution is 2.33. The molecule has 1 aliphatic rings. The Hall–Kier alpha value is -3.13. The van der Waals surface area contributed by atoms with Crippen LogP contribution in [0.1, 0.15) is 13.2 Å². The van der Waals surface area contributed by atoms with Gasteiger partial charge in [0.1, 0.15) is 23.8 Å². The summed E-state index contributed by atoms with van der Waals surface area (Å²) in [5.41, 5.74) is 7.33. The smallest absolute Gasteiger partial charge is 0.214 e. The lowest BCUT2D eigenvalue weighted by Crippen LogP contribution is -2.33. The average molecular weight is 404 g/mol. The summed E-state index contributed by atoms with van der Waals surface area (Å²) in [5.74, 6) is 0.207. The number of carbonyl (C=O) groups excluding carboxylic acids is 1. The Kier molecular flexibility index (Phi) is 4.87. The molecule has 0 radical (unpaired) electrons. The normalized spacial score (nSPS) is 24.3. The van der Waals surface area contributed by atoms with Crippen LogP contribution in [0, 0.1) is 0 Å². The van der Waals surface area contributed by atoms with Crippen LogP contribution in [-0.2, 0) is 9.53 Å². The number of nitrogens with zero attached hydrogens (tertiary/aromatic N) is 6. The van der Waals surface area contributed by atoms with Crippen molar-refractivity contribution in [2.45, 2.75) is 31.5 Å². The van der Waals surface area contributed by atoms with Gasteiger partial charge in [-0.1, -0.05) is 0 Å². The molecule has 4 atom stereocenters. The molecule has 3 aromatic rings. The largest absolute Gasteiger partial charge is 0.394 e. The van der Waals surface area contributed by atoms with Crippen LogP contribution in [0.5, 0.6) is 0 Å². The summed E-state index contributed by atoms with van der Waals surface area (Å²) in [6, 6.07) is 0. The van der Waals surface area contributed by atoms with Crippen molar-refractivity contribution in [1.29, 1.82) is 0 Å². The zero-order chi connectivity index (χ0) is 20.7. The molecule has 1 fully saturated rings. The summed E-state index contributed by atoms with van der Waals surface area (Å²) in [7, 11) is 0. The molecular weight excluding hydrogens is 384 g/mol. The number of aliphatic hydroxyl groups is 3. The molecule has 1 aliphatic heterocycles. The van der Waals surface area contributed by atoms with Crippen LogP contribution in [-0.4, -0.2) is 82.9 Å². The lowest BCUT2D eigenvalue weighted by molar-refractivity contribution is -0.107. The second-order valence-corrected chi connectivity index (χ2v) is 6.50. The number of imidazole rings is 1. The van der Waals surface area contributed by atoms with Crippen molar-refractivity contribution in [2.75, 3.05) is 23.8 Å². The molecule has 0 saturated carbocycles. The number of amides is 1. The minimum Gasteiger partial charge on any atom is -0.394 e. The summed E-state index contributed by atoms with van der Waals surface area (Å²) in [4.78, 5) is 25.6. The highest BCUT2D eigenvalue weighted by atomic mass is 16.6. The number of aromatic amines is 1. The van der Waals surface area contributed by atoms with Gasteiger partial charge in [-0.2, -0.15) is 5.10 Å². The summed E-state index contributed by atoms with van der Waals surface area (Å²) >= 11 is 0. The van der Waals surface area contributed by atoms with Crippen molar-refractivity contribution < 1.29 is 24.9 Å². The molecule has 3 aromatic heterocycles. The van der Waals surface area contributed by atoms with Crippen molar-refractivity contribution >= 4 is 29.1 Å². The maximum atomic E-state index is 11.3. The van der Waals surface area contributed by atoms with E-state index in [1.165, 1.54) is 15.8 Å². The molecule has 1 saturated heterocycles. The molecule has 4 rings (SSSR count). The number of hydrogen-bond donors (Lipinski definition) is 5. The maximum absolute atomic E-state index is 11.3. The predicted molar refractivity (Wildman–Crippen MR) is 99.4 cm³/mol. The molecule has 13 nitrogen and oxygen atoms in total. The standard InChI is InChI=1S/C16H20N8O5/c1-2-23(6-26)7-3-19-22-9(7)14-20-13(17)10-15(21-14)24(5-18-10)16-12(28)11(27)8(4-25)29-16/h3,5-6,8,11-12,16,25,27-28H,2,4H2,1H3,(H,19,22)(H2,17,20,21)/t8-,11-,12-,16-/m1/s1. The first-order valence-electron chi connectivity index (χ1n) is 8.88. The minimum atomic E-state index is -1.31. The first-order valence-corrected chi connectivity index (χ1v) is 8.88. The van der Waals surface area contributed by atoms with Gasteiger partial charge in [-0.3, -0.25) is 14.5 Å². The Labute approximate surface area is 163 Å². The highest BCUT2D eigenvalue weighted by molar-refractivity contribution is 5.87. The number of nitrogen functional groups attached to an aromatic ring is 1. The number of ether oxygens (including phenoxy) is 1. The third-order valence-electron chi connectivity index (χ3n) is 4.85. The molecule has 4 heterocycles. The topological polar surface area (TPSA) is 189 Å². The van der Waals surface area contributed by atoms with Crippen LogP contribution >= 0.6 is 0 Å². The van der Waals surface area contributed by atoms with Gasteiger partial charge in [0.15, 0.2) is 29.2 Å². The molecule has 154 valence electrons. The quantitative estimate of drug-likeness (QED) is 0.299. The zero-order valence-electron chi connectivity index (χ0n) is 15.4. The van der Waals surface area contributed by atoms with E-state index in [1.54, 1.807) is 13.1 Å². The van der Waals surface area contributed by atoms with E-state index >= 15 is 0 Å². The number of hydrogen-bond acceptors (Lipinski definition) is 10. The Morgan fingerprint density at radius 3 is 2.83 bits per heavy atom. The Balaban J connectivity index is 1.82. The lowest BCUT2D eigenvalue weighted by atomic mass is 10.1. The van der Waals surface area contributed by atoms with E-state index in [2.05, 4.69) is 25.1 Å². The van der Waals surface area contributed by atoms with Crippen LogP contribution in [0.3, 0.4) is 0 Å². The number of aromatic nitrogens is 6. The van der Waals surface area contributed by atoms with Crippen molar-refractivity contribution in [3.63, 3.8) is 0 Å². The third kappa shape index (κ3) is 3.00. The van der Waals surface area contributed by atoms with Crippen LogP contribution in [0.2, 0.25) is 0 Å². The van der Waals surface area contributed by atoms with Crippen LogP contribution < -0.4 is 10.6 Å². The van der Waals surface area contributed by atoms with Crippen molar-refractivity contribution in [3.05, 3.63) is 12.5 Å². The third-order valence-corrected chi connectivity index (χ3v) is 4.85. The maximum Gasteiger partial charge on any atom is 0.214 e.